The SMILES string of the molecule is CCOc1ccccc1CNc1ccc(F)cc1F. The number of benzene rings is 2. The minimum absolute atomic E-state index is 0.271. The van der Waals surface area contributed by atoms with Crippen molar-refractivity contribution in [1.29, 1.82) is 0 Å². The standard InChI is InChI=1S/C15H15F2NO/c1-2-19-15-6-4-3-5-11(15)10-18-14-8-7-12(16)9-13(14)17/h3-9,18H,2,10H2,1H3. The van der Waals surface area contributed by atoms with Crippen LogP contribution in [-0.4, -0.2) is 6.61 Å². The minimum atomic E-state index is -0.603. The van der Waals surface area contributed by atoms with Crippen LogP contribution in [0.25, 0.3) is 0 Å². The van der Waals surface area contributed by atoms with Gasteiger partial charge in [-0.3, -0.25) is 0 Å². The summed E-state index contributed by atoms with van der Waals surface area (Å²) >= 11 is 0. The molecule has 2 nitrogen and oxygen atoms in total. The van der Waals surface area contributed by atoms with Crippen LogP contribution in [0.1, 0.15) is 12.5 Å². The highest BCUT2D eigenvalue weighted by Gasteiger charge is 2.06. The lowest BCUT2D eigenvalue weighted by Crippen LogP contribution is -2.04. The van der Waals surface area contributed by atoms with Crippen molar-refractivity contribution < 1.29 is 13.5 Å². The Bertz CT molecular complexity index is 558. The van der Waals surface area contributed by atoms with Crippen molar-refractivity contribution in [3.8, 4) is 5.75 Å². The molecule has 2 aromatic rings. The zero-order chi connectivity index (χ0) is 13.7. The third-order valence-electron chi connectivity index (χ3n) is 2.67. The topological polar surface area (TPSA) is 21.3 Å². The Balaban J connectivity index is 2.10. The lowest BCUT2D eigenvalue weighted by molar-refractivity contribution is 0.337. The molecule has 1 N–H and O–H groups in total. The lowest BCUT2D eigenvalue weighted by Gasteiger charge is -2.12. The van der Waals surface area contributed by atoms with E-state index >= 15 is 0 Å². The van der Waals surface area contributed by atoms with Crippen LogP contribution in [-0.2, 0) is 6.54 Å². The second kappa shape index (κ2) is 6.18. The van der Waals surface area contributed by atoms with Crippen LogP contribution in [0, 0.1) is 11.6 Å². The van der Waals surface area contributed by atoms with Crippen molar-refractivity contribution >= 4 is 5.69 Å². The number of anilines is 1. The van der Waals surface area contributed by atoms with Gasteiger partial charge in [0.2, 0.25) is 0 Å². The zero-order valence-corrected chi connectivity index (χ0v) is 10.6. The van der Waals surface area contributed by atoms with Crippen molar-refractivity contribution in [2.45, 2.75) is 13.5 Å². The number of halogens is 2. The molecule has 2 aromatic carbocycles. The molecular formula is C15H15F2NO. The third-order valence-corrected chi connectivity index (χ3v) is 2.67. The molecule has 0 saturated heterocycles. The van der Waals surface area contributed by atoms with Gasteiger partial charge in [0, 0.05) is 18.2 Å². The first-order chi connectivity index (χ1) is 9.20. The van der Waals surface area contributed by atoms with Crippen molar-refractivity contribution in [2.75, 3.05) is 11.9 Å². The largest absolute Gasteiger partial charge is 0.494 e. The monoisotopic (exact) mass is 263 g/mol. The summed E-state index contributed by atoms with van der Waals surface area (Å²) in [6.07, 6.45) is 0. The van der Waals surface area contributed by atoms with Gasteiger partial charge in [-0.2, -0.15) is 0 Å². The Morgan fingerprint density at radius 1 is 1.11 bits per heavy atom. The quantitative estimate of drug-likeness (QED) is 0.881. The van der Waals surface area contributed by atoms with Gasteiger partial charge in [0.15, 0.2) is 0 Å². The lowest BCUT2D eigenvalue weighted by atomic mass is 10.2. The molecule has 0 unspecified atom stereocenters. The number of hydrogen-bond acceptors (Lipinski definition) is 2. The average molecular weight is 263 g/mol. The van der Waals surface area contributed by atoms with Crippen LogP contribution in [0.15, 0.2) is 42.5 Å². The Hall–Kier alpha value is -2.10. The third kappa shape index (κ3) is 3.44. The van der Waals surface area contributed by atoms with E-state index in [0.29, 0.717) is 13.2 Å². The first-order valence-electron chi connectivity index (χ1n) is 6.10. The predicted molar refractivity (Wildman–Crippen MR) is 71.3 cm³/mol. The molecule has 0 saturated carbocycles. The second-order valence-electron chi connectivity index (χ2n) is 4.02. The van der Waals surface area contributed by atoms with Gasteiger partial charge in [-0.05, 0) is 25.1 Å². The van der Waals surface area contributed by atoms with E-state index in [1.165, 1.54) is 12.1 Å². The summed E-state index contributed by atoms with van der Waals surface area (Å²) in [5.74, 6) is -0.424. The van der Waals surface area contributed by atoms with Crippen molar-refractivity contribution in [3.63, 3.8) is 0 Å². The van der Waals surface area contributed by atoms with E-state index in [2.05, 4.69) is 5.32 Å². The molecule has 2 rings (SSSR count). The summed E-state index contributed by atoms with van der Waals surface area (Å²) in [5.41, 5.74) is 1.20. The molecule has 100 valence electrons. The van der Waals surface area contributed by atoms with Gasteiger partial charge in [-0.15, -0.1) is 0 Å². The van der Waals surface area contributed by atoms with E-state index in [9.17, 15) is 8.78 Å². The summed E-state index contributed by atoms with van der Waals surface area (Å²) in [7, 11) is 0. The molecule has 0 fully saturated rings. The van der Waals surface area contributed by atoms with E-state index < -0.39 is 11.6 Å². The highest BCUT2D eigenvalue weighted by atomic mass is 19.1. The van der Waals surface area contributed by atoms with Gasteiger partial charge in [-0.25, -0.2) is 8.78 Å². The summed E-state index contributed by atoms with van der Waals surface area (Å²) in [6, 6.07) is 11.0. The van der Waals surface area contributed by atoms with Gasteiger partial charge in [0.1, 0.15) is 17.4 Å². The molecule has 0 aliphatic carbocycles. The zero-order valence-electron chi connectivity index (χ0n) is 10.6. The van der Waals surface area contributed by atoms with Crippen LogP contribution in [0.2, 0.25) is 0 Å². The minimum Gasteiger partial charge on any atom is -0.494 e. The Kier molecular flexibility index (Phi) is 4.34. The van der Waals surface area contributed by atoms with Crippen molar-refractivity contribution in [1.82, 2.24) is 0 Å². The molecule has 0 amide bonds. The maximum atomic E-state index is 13.5. The van der Waals surface area contributed by atoms with Crippen LogP contribution in [0.3, 0.4) is 0 Å². The van der Waals surface area contributed by atoms with Crippen LogP contribution >= 0.6 is 0 Å². The number of nitrogens with one attached hydrogen (secondary N) is 1. The normalized spacial score (nSPS) is 10.3. The van der Waals surface area contributed by atoms with Crippen LogP contribution in [0.4, 0.5) is 14.5 Å². The molecule has 19 heavy (non-hydrogen) atoms. The van der Waals surface area contributed by atoms with Gasteiger partial charge >= 0.3 is 0 Å². The predicted octanol–water partition coefficient (Wildman–Crippen LogP) is 3.98. The van der Waals surface area contributed by atoms with E-state index in [0.717, 1.165) is 17.4 Å². The molecule has 0 radical (unpaired) electrons. The molecule has 0 heterocycles. The molecule has 0 aliphatic heterocycles. The summed E-state index contributed by atoms with van der Waals surface area (Å²) in [5, 5.41) is 2.93. The molecule has 0 aromatic heterocycles. The van der Waals surface area contributed by atoms with Gasteiger partial charge in [0.25, 0.3) is 0 Å². The fourth-order valence-electron chi connectivity index (χ4n) is 1.77. The second-order valence-corrected chi connectivity index (χ2v) is 4.02. The molecule has 4 heteroatoms. The molecule has 0 bridgehead atoms. The van der Waals surface area contributed by atoms with E-state index in [1.807, 2.05) is 31.2 Å². The Morgan fingerprint density at radius 2 is 1.89 bits per heavy atom. The van der Waals surface area contributed by atoms with E-state index in [1.54, 1.807) is 0 Å². The average Bonchev–Trinajstić information content (AvgIpc) is 2.40. The summed E-state index contributed by atoms with van der Waals surface area (Å²) in [4.78, 5) is 0. The van der Waals surface area contributed by atoms with Gasteiger partial charge in [-0.1, -0.05) is 18.2 Å². The molecule has 0 aliphatic rings. The Morgan fingerprint density at radius 3 is 2.63 bits per heavy atom. The van der Waals surface area contributed by atoms with Crippen molar-refractivity contribution in [2.24, 2.45) is 0 Å². The van der Waals surface area contributed by atoms with Crippen LogP contribution < -0.4 is 10.1 Å². The molecular weight excluding hydrogens is 248 g/mol. The van der Waals surface area contributed by atoms with Gasteiger partial charge < -0.3 is 10.1 Å². The first kappa shape index (κ1) is 13.3. The maximum Gasteiger partial charge on any atom is 0.149 e. The highest BCUT2D eigenvalue weighted by molar-refractivity contribution is 5.46. The van der Waals surface area contributed by atoms with E-state index in [4.69, 9.17) is 4.74 Å². The fraction of sp³-hybridized carbons (Fsp3) is 0.200. The molecule has 0 atom stereocenters. The number of para-hydroxylation sites is 1. The van der Waals surface area contributed by atoms with Crippen LogP contribution in [0.5, 0.6) is 5.75 Å². The van der Waals surface area contributed by atoms with E-state index in [-0.39, 0.29) is 5.69 Å². The van der Waals surface area contributed by atoms with Crippen molar-refractivity contribution in [3.05, 3.63) is 59.7 Å². The summed E-state index contributed by atoms with van der Waals surface area (Å²) in [6.45, 7) is 2.89. The maximum absolute atomic E-state index is 13.5. The molecule has 0 spiro atoms. The first-order valence-corrected chi connectivity index (χ1v) is 6.10. The van der Waals surface area contributed by atoms with Gasteiger partial charge in [0.05, 0.1) is 12.3 Å². The highest BCUT2D eigenvalue weighted by Crippen LogP contribution is 2.21. The smallest absolute Gasteiger partial charge is 0.149 e. The fourth-order valence-corrected chi connectivity index (χ4v) is 1.77. The number of ether oxygens (including phenoxy) is 1. The summed E-state index contributed by atoms with van der Waals surface area (Å²) < 4.78 is 31.7. The number of rotatable bonds is 5. The Labute approximate surface area is 111 Å². The number of hydrogen-bond donors (Lipinski definition) is 1.